The first-order valence-corrected chi connectivity index (χ1v) is 2.86. The third-order valence-corrected chi connectivity index (χ3v) is 0.873. The van der Waals surface area contributed by atoms with E-state index < -0.39 is 0 Å². The van der Waals surface area contributed by atoms with Crippen LogP contribution in [0, 0.1) is 0 Å². The fourth-order valence-corrected chi connectivity index (χ4v) is 0.329. The summed E-state index contributed by atoms with van der Waals surface area (Å²) >= 11 is 0. The van der Waals surface area contributed by atoms with Gasteiger partial charge in [0.1, 0.15) is 5.76 Å². The molecule has 0 aliphatic heterocycles. The minimum atomic E-state index is -0.0956. The van der Waals surface area contributed by atoms with E-state index in [0.29, 0.717) is 5.76 Å². The molecule has 0 aromatic rings. The molecule has 1 atom stereocenters. The zero-order chi connectivity index (χ0) is 7.44. The van der Waals surface area contributed by atoms with Crippen LogP contribution in [0.5, 0.6) is 0 Å². The lowest BCUT2D eigenvalue weighted by Crippen LogP contribution is -2.35. The Labute approximate surface area is 56.0 Å². The molecule has 0 rings (SSSR count). The summed E-state index contributed by atoms with van der Waals surface area (Å²) in [6.45, 7) is 7.17. The third kappa shape index (κ3) is 4.00. The van der Waals surface area contributed by atoms with E-state index in [0.717, 1.165) is 0 Å². The van der Waals surface area contributed by atoms with Gasteiger partial charge in [-0.25, -0.2) is 0 Å². The van der Waals surface area contributed by atoms with E-state index >= 15 is 0 Å². The van der Waals surface area contributed by atoms with Gasteiger partial charge in [0, 0.05) is 7.05 Å². The first-order valence-electron chi connectivity index (χ1n) is 2.86. The van der Waals surface area contributed by atoms with Gasteiger partial charge in [-0.1, -0.05) is 6.58 Å². The van der Waals surface area contributed by atoms with E-state index in [-0.39, 0.29) is 6.17 Å². The molecule has 0 aliphatic rings. The number of nitrogens with two attached hydrogens (primary N) is 1. The van der Waals surface area contributed by atoms with Crippen molar-refractivity contribution in [1.82, 2.24) is 5.06 Å². The standard InChI is InChI=1S/C6H14N2O/c1-5(2)9-8(4)6(3)7/h6H,1,7H2,2-4H3. The van der Waals surface area contributed by atoms with Gasteiger partial charge in [-0.05, 0) is 13.8 Å². The van der Waals surface area contributed by atoms with Crippen LogP contribution >= 0.6 is 0 Å². The van der Waals surface area contributed by atoms with Crippen molar-refractivity contribution < 1.29 is 4.84 Å². The normalized spacial score (nSPS) is 13.4. The number of hydroxylamine groups is 2. The summed E-state index contributed by atoms with van der Waals surface area (Å²) in [5, 5.41) is 1.54. The van der Waals surface area contributed by atoms with Crippen LogP contribution in [0.25, 0.3) is 0 Å². The number of hydrogen-bond acceptors (Lipinski definition) is 3. The molecule has 3 heteroatoms. The average Bonchev–Trinajstić information content (AvgIpc) is 1.63. The van der Waals surface area contributed by atoms with Gasteiger partial charge in [0.05, 0.1) is 6.17 Å². The third-order valence-electron chi connectivity index (χ3n) is 0.873. The van der Waals surface area contributed by atoms with Crippen LogP contribution in [0.3, 0.4) is 0 Å². The van der Waals surface area contributed by atoms with Gasteiger partial charge < -0.3 is 10.6 Å². The van der Waals surface area contributed by atoms with Crippen molar-refractivity contribution in [3.05, 3.63) is 12.3 Å². The van der Waals surface area contributed by atoms with Gasteiger partial charge in [0.25, 0.3) is 0 Å². The summed E-state index contributed by atoms with van der Waals surface area (Å²) in [5.41, 5.74) is 5.44. The molecular weight excluding hydrogens is 116 g/mol. The highest BCUT2D eigenvalue weighted by molar-refractivity contribution is 4.72. The van der Waals surface area contributed by atoms with Crippen molar-refractivity contribution in [2.75, 3.05) is 7.05 Å². The van der Waals surface area contributed by atoms with E-state index in [1.165, 1.54) is 0 Å². The van der Waals surface area contributed by atoms with Crippen LogP contribution < -0.4 is 5.73 Å². The van der Waals surface area contributed by atoms with Gasteiger partial charge in [0.15, 0.2) is 0 Å². The lowest BCUT2D eigenvalue weighted by atomic mass is 10.6. The number of rotatable bonds is 3. The highest BCUT2D eigenvalue weighted by atomic mass is 16.7. The summed E-state index contributed by atoms with van der Waals surface area (Å²) in [4.78, 5) is 5.03. The smallest absolute Gasteiger partial charge is 0.114 e. The van der Waals surface area contributed by atoms with Crippen LogP contribution in [0.4, 0.5) is 0 Å². The predicted molar refractivity (Wildman–Crippen MR) is 37.3 cm³/mol. The zero-order valence-electron chi connectivity index (χ0n) is 6.22. The molecule has 0 saturated carbocycles. The van der Waals surface area contributed by atoms with Crippen molar-refractivity contribution in [1.29, 1.82) is 0 Å². The second-order valence-corrected chi connectivity index (χ2v) is 2.08. The summed E-state index contributed by atoms with van der Waals surface area (Å²) < 4.78 is 0. The van der Waals surface area contributed by atoms with Crippen molar-refractivity contribution >= 4 is 0 Å². The number of hydrogen-bond donors (Lipinski definition) is 1. The highest BCUT2D eigenvalue weighted by Crippen LogP contribution is 1.96. The summed E-state index contributed by atoms with van der Waals surface area (Å²) in [5.74, 6) is 0.648. The Morgan fingerprint density at radius 1 is 1.78 bits per heavy atom. The molecular formula is C6H14N2O. The Morgan fingerprint density at radius 3 is 2.33 bits per heavy atom. The minimum absolute atomic E-state index is 0.0956. The molecule has 54 valence electrons. The zero-order valence-corrected chi connectivity index (χ0v) is 6.22. The number of allylic oxidation sites excluding steroid dienone is 1. The van der Waals surface area contributed by atoms with E-state index in [1.807, 2.05) is 6.92 Å². The quantitative estimate of drug-likeness (QED) is 0.347. The molecule has 0 aromatic carbocycles. The monoisotopic (exact) mass is 130 g/mol. The Kier molecular flexibility index (Phi) is 3.27. The van der Waals surface area contributed by atoms with Gasteiger partial charge in [-0.15, -0.1) is 5.06 Å². The van der Waals surface area contributed by atoms with Crippen LogP contribution in [0.1, 0.15) is 13.8 Å². The molecule has 0 aromatic heterocycles. The Balaban J connectivity index is 3.50. The van der Waals surface area contributed by atoms with Crippen molar-refractivity contribution in [2.24, 2.45) is 5.73 Å². The van der Waals surface area contributed by atoms with Crippen LogP contribution in [-0.2, 0) is 4.84 Å². The molecule has 0 amide bonds. The second kappa shape index (κ2) is 3.48. The predicted octanol–water partition coefficient (Wildman–Crippen LogP) is 0.688. The first-order chi connectivity index (χ1) is 4.04. The molecule has 0 saturated heterocycles. The van der Waals surface area contributed by atoms with E-state index in [9.17, 15) is 0 Å². The highest BCUT2D eigenvalue weighted by Gasteiger charge is 2.02. The van der Waals surface area contributed by atoms with E-state index in [4.69, 9.17) is 10.6 Å². The average molecular weight is 130 g/mol. The maximum absolute atomic E-state index is 5.44. The van der Waals surface area contributed by atoms with Crippen molar-refractivity contribution in [3.63, 3.8) is 0 Å². The number of nitrogens with zero attached hydrogens (tertiary/aromatic N) is 1. The van der Waals surface area contributed by atoms with Gasteiger partial charge in [-0.3, -0.25) is 0 Å². The Bertz CT molecular complexity index is 101. The molecule has 2 N–H and O–H groups in total. The van der Waals surface area contributed by atoms with Crippen LogP contribution in [0.15, 0.2) is 12.3 Å². The molecule has 1 unspecified atom stereocenters. The Morgan fingerprint density at radius 2 is 2.22 bits per heavy atom. The van der Waals surface area contributed by atoms with Crippen molar-refractivity contribution in [2.45, 2.75) is 20.0 Å². The van der Waals surface area contributed by atoms with Gasteiger partial charge in [0.2, 0.25) is 0 Å². The fraction of sp³-hybridized carbons (Fsp3) is 0.667. The molecule has 0 heterocycles. The minimum Gasteiger partial charge on any atom is -0.410 e. The molecule has 0 fully saturated rings. The summed E-state index contributed by atoms with van der Waals surface area (Å²) in [7, 11) is 1.76. The summed E-state index contributed by atoms with van der Waals surface area (Å²) in [6.07, 6.45) is -0.0956. The Hall–Kier alpha value is -0.540. The maximum Gasteiger partial charge on any atom is 0.114 e. The molecule has 9 heavy (non-hydrogen) atoms. The second-order valence-electron chi connectivity index (χ2n) is 2.08. The molecule has 0 spiro atoms. The first kappa shape index (κ1) is 8.46. The summed E-state index contributed by atoms with van der Waals surface area (Å²) in [6, 6.07) is 0. The van der Waals surface area contributed by atoms with Crippen LogP contribution in [-0.4, -0.2) is 18.3 Å². The van der Waals surface area contributed by atoms with E-state index in [1.54, 1.807) is 19.0 Å². The fourth-order valence-electron chi connectivity index (χ4n) is 0.329. The largest absolute Gasteiger partial charge is 0.410 e. The lowest BCUT2D eigenvalue weighted by molar-refractivity contribution is -0.122. The molecule has 0 bridgehead atoms. The maximum atomic E-state index is 5.44. The molecule has 0 radical (unpaired) electrons. The van der Waals surface area contributed by atoms with E-state index in [2.05, 4.69) is 6.58 Å². The SMILES string of the molecule is C=C(C)ON(C)C(C)N. The van der Waals surface area contributed by atoms with Crippen LogP contribution in [0.2, 0.25) is 0 Å². The molecule has 3 nitrogen and oxygen atoms in total. The van der Waals surface area contributed by atoms with Gasteiger partial charge in [-0.2, -0.15) is 0 Å². The van der Waals surface area contributed by atoms with Gasteiger partial charge >= 0.3 is 0 Å². The topological polar surface area (TPSA) is 38.5 Å². The lowest BCUT2D eigenvalue weighted by Gasteiger charge is -2.20. The molecule has 0 aliphatic carbocycles. The van der Waals surface area contributed by atoms with Crippen molar-refractivity contribution in [3.8, 4) is 0 Å².